The number of aliphatic hydroxyl groups is 4. The number of benzene rings is 2. The summed E-state index contributed by atoms with van der Waals surface area (Å²) in [5.41, 5.74) is -0.182. The van der Waals surface area contributed by atoms with E-state index in [-0.39, 0.29) is 35.9 Å². The molecular weight excluding hydrogens is 524 g/mol. The lowest BCUT2D eigenvalue weighted by Gasteiger charge is -2.42. The molecule has 1 aromatic heterocycles. The number of ether oxygens (including phenoxy) is 4. The molecule has 1 aliphatic heterocycles. The Hall–Kier alpha value is -3.74. The fourth-order valence-electron chi connectivity index (χ4n) is 4.58. The van der Waals surface area contributed by atoms with E-state index >= 15 is 0 Å². The van der Waals surface area contributed by atoms with Crippen molar-refractivity contribution in [2.75, 3.05) is 20.3 Å². The average Bonchev–Trinajstić information content (AvgIpc) is 3.41. The van der Waals surface area contributed by atoms with Crippen molar-refractivity contribution in [3.8, 4) is 11.5 Å². The first-order valence-corrected chi connectivity index (χ1v) is 12.6. The number of ketones is 1. The number of esters is 1. The minimum Gasteiger partial charge on any atom is -0.489 e. The Morgan fingerprint density at radius 3 is 2.67 bits per heavy atom. The fraction of sp³-hybridized carbons (Fsp3) is 0.379. The van der Waals surface area contributed by atoms with Crippen LogP contribution in [0.3, 0.4) is 0 Å². The van der Waals surface area contributed by atoms with E-state index in [1.54, 1.807) is 19.3 Å². The van der Waals surface area contributed by atoms with Crippen molar-refractivity contribution in [3.05, 3.63) is 72.0 Å². The van der Waals surface area contributed by atoms with Gasteiger partial charge in [0.15, 0.2) is 5.78 Å². The van der Waals surface area contributed by atoms with Gasteiger partial charge in [0.05, 0.1) is 20.0 Å². The Balaban J connectivity index is 1.57. The largest absolute Gasteiger partial charge is 0.489 e. The second-order valence-corrected chi connectivity index (χ2v) is 9.59. The van der Waals surface area contributed by atoms with Crippen LogP contribution < -0.4 is 9.47 Å². The molecule has 11 nitrogen and oxygen atoms in total. The molecule has 4 N–H and O–H groups in total. The molecule has 1 unspecified atom stereocenters. The Morgan fingerprint density at radius 2 is 1.95 bits per heavy atom. The molecule has 0 radical (unpaired) electrons. The zero-order valence-corrected chi connectivity index (χ0v) is 22.1. The first kappa shape index (κ1) is 29.2. The van der Waals surface area contributed by atoms with Crippen LogP contribution in [0.15, 0.2) is 59.7 Å². The highest BCUT2D eigenvalue weighted by Gasteiger charge is 2.56. The van der Waals surface area contributed by atoms with Gasteiger partial charge in [-0.15, -0.1) is 0 Å². The highest BCUT2D eigenvalue weighted by atomic mass is 16.6. The number of hydrogen-bond acceptors (Lipinski definition) is 11. The number of methoxy groups -OCH3 is 1. The van der Waals surface area contributed by atoms with Gasteiger partial charge in [0.1, 0.15) is 47.6 Å². The normalized spacial score (nSPS) is 23.4. The summed E-state index contributed by atoms with van der Waals surface area (Å²) in [4.78, 5) is 25.5. The zero-order chi connectivity index (χ0) is 29.0. The third-order valence-corrected chi connectivity index (χ3v) is 6.72. The van der Waals surface area contributed by atoms with E-state index in [1.165, 1.54) is 12.1 Å². The van der Waals surface area contributed by atoms with Crippen LogP contribution >= 0.6 is 0 Å². The van der Waals surface area contributed by atoms with Gasteiger partial charge in [0.2, 0.25) is 11.9 Å². The molecule has 0 saturated carbocycles. The highest BCUT2D eigenvalue weighted by molar-refractivity contribution is 6.01. The van der Waals surface area contributed by atoms with Crippen molar-refractivity contribution < 1.29 is 53.4 Å². The van der Waals surface area contributed by atoms with Gasteiger partial charge in [0, 0.05) is 11.8 Å². The lowest BCUT2D eigenvalue weighted by molar-refractivity contribution is -0.271. The van der Waals surface area contributed by atoms with E-state index in [0.29, 0.717) is 12.0 Å². The van der Waals surface area contributed by atoms with Crippen molar-refractivity contribution in [1.29, 1.82) is 0 Å². The number of aliphatic hydroxyl groups excluding tert-OH is 3. The second kappa shape index (κ2) is 12.2. The Bertz CT molecular complexity index is 1380. The highest BCUT2D eigenvalue weighted by Crippen LogP contribution is 2.35. The SMILES string of the molecule is C=CCOc1cc(C)cc(OC(O)[C@H]2OC[C@@](O)(C(=O)OC)[C@@H](O)[C@@H]2O)c1C(=O)CCc1ccc2occc2c1. The number of Topliss-reactive ketones (excluding diaryl/α,β-unsaturated/α-hetero) is 1. The summed E-state index contributed by atoms with van der Waals surface area (Å²) in [6.45, 7) is 4.70. The van der Waals surface area contributed by atoms with Gasteiger partial charge in [-0.05, 0) is 54.8 Å². The van der Waals surface area contributed by atoms with Gasteiger partial charge in [-0.1, -0.05) is 18.7 Å². The summed E-state index contributed by atoms with van der Waals surface area (Å²) in [5.74, 6) is -1.38. The van der Waals surface area contributed by atoms with E-state index in [4.69, 9.17) is 18.6 Å². The monoisotopic (exact) mass is 556 g/mol. The smallest absolute Gasteiger partial charge is 0.343 e. The van der Waals surface area contributed by atoms with Gasteiger partial charge in [-0.25, -0.2) is 4.79 Å². The molecule has 0 bridgehead atoms. The molecule has 0 spiro atoms. The molecule has 0 aliphatic carbocycles. The van der Waals surface area contributed by atoms with Crippen molar-refractivity contribution >= 4 is 22.7 Å². The Morgan fingerprint density at radius 1 is 1.20 bits per heavy atom. The van der Waals surface area contributed by atoms with Crippen LogP contribution in [-0.4, -0.2) is 82.7 Å². The number of furan rings is 1. The van der Waals surface area contributed by atoms with Crippen LogP contribution in [-0.2, 0) is 20.7 Å². The standard InChI is InChI=1S/C29H32O11/c1-4-10-37-21-12-16(2)13-22(23(21)19(30)7-5-17-6-8-20-18(14-17)9-11-38-20)40-27(33)25-24(31)26(32)29(35,15-39-25)28(34)36-3/h4,6,8-9,11-14,24-27,31-33,35H,1,5,7,10,15H2,2-3H3/t24-,25+,26+,27?,29+/m1/s1. The maximum absolute atomic E-state index is 13.5. The summed E-state index contributed by atoms with van der Waals surface area (Å²) in [7, 11) is 1.00. The topological polar surface area (TPSA) is 165 Å². The summed E-state index contributed by atoms with van der Waals surface area (Å²) < 4.78 is 26.6. The Kier molecular flexibility index (Phi) is 8.92. The van der Waals surface area contributed by atoms with E-state index in [1.807, 2.05) is 24.3 Å². The third-order valence-electron chi connectivity index (χ3n) is 6.72. The minimum atomic E-state index is -2.54. The van der Waals surface area contributed by atoms with Crippen LogP contribution in [0, 0.1) is 6.92 Å². The van der Waals surface area contributed by atoms with E-state index < -0.39 is 42.8 Å². The summed E-state index contributed by atoms with van der Waals surface area (Å²) in [5, 5.41) is 43.1. The number of hydrogen-bond donors (Lipinski definition) is 4. The first-order chi connectivity index (χ1) is 19.1. The van der Waals surface area contributed by atoms with Crippen LogP contribution in [0.5, 0.6) is 11.5 Å². The molecule has 2 heterocycles. The van der Waals surface area contributed by atoms with Gasteiger partial charge in [-0.2, -0.15) is 0 Å². The lowest BCUT2D eigenvalue weighted by atomic mass is 9.87. The summed E-state index contributed by atoms with van der Waals surface area (Å²) in [6, 6.07) is 10.6. The number of aryl methyl sites for hydroxylation is 2. The van der Waals surface area contributed by atoms with Crippen LogP contribution in [0.25, 0.3) is 11.0 Å². The van der Waals surface area contributed by atoms with Crippen molar-refractivity contribution in [1.82, 2.24) is 0 Å². The number of carbonyl (C=O) groups is 2. The predicted molar refractivity (Wildman–Crippen MR) is 141 cm³/mol. The first-order valence-electron chi connectivity index (χ1n) is 12.6. The number of fused-ring (bicyclic) bond motifs is 1. The molecule has 5 atom stereocenters. The molecule has 3 aromatic rings. The summed E-state index contributed by atoms with van der Waals surface area (Å²) in [6.07, 6.45) is -3.89. The van der Waals surface area contributed by atoms with Crippen molar-refractivity contribution in [3.63, 3.8) is 0 Å². The maximum atomic E-state index is 13.5. The minimum absolute atomic E-state index is 0.0408. The molecule has 214 valence electrons. The zero-order valence-electron chi connectivity index (χ0n) is 22.1. The number of carbonyl (C=O) groups excluding carboxylic acids is 2. The van der Waals surface area contributed by atoms with E-state index in [0.717, 1.165) is 23.6 Å². The summed E-state index contributed by atoms with van der Waals surface area (Å²) >= 11 is 0. The van der Waals surface area contributed by atoms with Crippen LogP contribution in [0.4, 0.5) is 0 Å². The predicted octanol–water partition coefficient (Wildman–Crippen LogP) is 1.84. The van der Waals surface area contributed by atoms with Gasteiger partial charge >= 0.3 is 5.97 Å². The number of rotatable bonds is 11. The quantitative estimate of drug-likeness (QED) is 0.118. The molecule has 1 saturated heterocycles. The van der Waals surface area contributed by atoms with Crippen LogP contribution in [0.1, 0.15) is 27.9 Å². The van der Waals surface area contributed by atoms with Crippen molar-refractivity contribution in [2.45, 2.75) is 50.0 Å². The molecule has 1 aliphatic rings. The van der Waals surface area contributed by atoms with Gasteiger partial charge in [-0.3, -0.25) is 4.79 Å². The van der Waals surface area contributed by atoms with Gasteiger partial charge < -0.3 is 43.8 Å². The molecule has 40 heavy (non-hydrogen) atoms. The van der Waals surface area contributed by atoms with Gasteiger partial charge in [0.25, 0.3) is 0 Å². The molecule has 11 heteroatoms. The van der Waals surface area contributed by atoms with Crippen LogP contribution in [0.2, 0.25) is 0 Å². The average molecular weight is 557 g/mol. The lowest BCUT2D eigenvalue weighted by Crippen LogP contribution is -2.67. The maximum Gasteiger partial charge on any atom is 0.343 e. The third kappa shape index (κ3) is 5.88. The molecule has 4 rings (SSSR count). The van der Waals surface area contributed by atoms with E-state index in [9.17, 15) is 30.0 Å². The fourth-order valence-corrected chi connectivity index (χ4v) is 4.58. The molecule has 2 aromatic carbocycles. The molecule has 0 amide bonds. The molecule has 1 fully saturated rings. The Labute approximate surface area is 230 Å². The molecular formula is C29H32O11. The second-order valence-electron chi connectivity index (χ2n) is 9.59. The van der Waals surface area contributed by atoms with E-state index in [2.05, 4.69) is 11.3 Å². The van der Waals surface area contributed by atoms with Crippen molar-refractivity contribution in [2.24, 2.45) is 0 Å².